The van der Waals surface area contributed by atoms with Gasteiger partial charge in [0.15, 0.2) is 23.7 Å². The Hall–Kier alpha value is -4.12. The number of likely N-dealkylation sites (tertiary alicyclic amines) is 2. The molecule has 3 unspecified atom stereocenters. The first kappa shape index (κ1) is 36.2. The summed E-state index contributed by atoms with van der Waals surface area (Å²) in [6, 6.07) is 9.15. The topological polar surface area (TPSA) is 198 Å². The summed E-state index contributed by atoms with van der Waals surface area (Å²) >= 11 is 0. The number of benzene rings is 2. The van der Waals surface area contributed by atoms with E-state index in [4.69, 9.17) is 25.2 Å². The summed E-state index contributed by atoms with van der Waals surface area (Å²) in [6.07, 6.45) is -3.55. The number of carbonyl (C=O) groups excluding carboxylic acids is 1. The van der Waals surface area contributed by atoms with E-state index >= 15 is 0 Å². The molecule has 52 heavy (non-hydrogen) atoms. The van der Waals surface area contributed by atoms with Crippen molar-refractivity contribution in [3.63, 3.8) is 0 Å². The van der Waals surface area contributed by atoms with Crippen molar-refractivity contribution in [3.8, 4) is 17.2 Å². The van der Waals surface area contributed by atoms with Crippen LogP contribution in [0.3, 0.4) is 0 Å². The Labute approximate surface area is 296 Å². The van der Waals surface area contributed by atoms with Crippen LogP contribution in [0.2, 0.25) is 0 Å². The fraction of sp³-hybridized carbons (Fsp3) is 0.583. The third-order valence-corrected chi connectivity index (χ3v) is 11.9. The van der Waals surface area contributed by atoms with E-state index in [1.165, 1.54) is 25.0 Å². The Morgan fingerprint density at radius 3 is 2.25 bits per heavy atom. The number of piperidine rings is 1. The summed E-state index contributed by atoms with van der Waals surface area (Å²) in [7, 11) is 0. The number of aliphatic hydroxyl groups is 3. The summed E-state index contributed by atoms with van der Waals surface area (Å²) in [6.45, 7) is 2.42. The van der Waals surface area contributed by atoms with E-state index in [1.807, 2.05) is 11.0 Å². The number of alkyl halides is 3. The van der Waals surface area contributed by atoms with E-state index in [-0.39, 0.29) is 35.4 Å². The highest BCUT2D eigenvalue weighted by atomic mass is 19.4. The maximum absolute atomic E-state index is 13.9. The molecule has 8 rings (SSSR count). The SMILES string of the molecule is O=C(O)C(O)C(O)C(=O)O.O=C1C(Cc2ccc(OC(F)(F)F)cc2)CCN1[C@H]1CC[C@@]2(O)[C@H]3Cc4ccc(O)c5c4[C@@]2(CCN3CC2CC2)[C@H]1O5. The zero-order valence-corrected chi connectivity index (χ0v) is 28.0. The van der Waals surface area contributed by atoms with Crippen LogP contribution < -0.4 is 9.47 Å². The van der Waals surface area contributed by atoms with Crippen LogP contribution in [0.25, 0.3) is 0 Å². The van der Waals surface area contributed by atoms with Crippen molar-refractivity contribution in [2.24, 2.45) is 11.8 Å². The molecule has 282 valence electrons. The van der Waals surface area contributed by atoms with E-state index in [1.54, 1.807) is 18.2 Å². The number of aromatic hydroxyl groups is 1. The van der Waals surface area contributed by atoms with Gasteiger partial charge in [0.25, 0.3) is 0 Å². The van der Waals surface area contributed by atoms with Crippen molar-refractivity contribution in [3.05, 3.63) is 53.1 Å². The van der Waals surface area contributed by atoms with Gasteiger partial charge in [0, 0.05) is 30.6 Å². The maximum atomic E-state index is 13.9. The first-order valence-electron chi connectivity index (χ1n) is 17.5. The Kier molecular flexibility index (Phi) is 9.11. The van der Waals surface area contributed by atoms with Crippen LogP contribution in [0.15, 0.2) is 36.4 Å². The smallest absolute Gasteiger partial charge is 0.504 e. The highest BCUT2D eigenvalue weighted by Crippen LogP contribution is 2.66. The molecule has 2 saturated heterocycles. The monoisotopic (exact) mass is 734 g/mol. The van der Waals surface area contributed by atoms with Gasteiger partial charge in [0.2, 0.25) is 5.91 Å². The Bertz CT molecular complexity index is 1720. The van der Waals surface area contributed by atoms with Crippen molar-refractivity contribution in [1.82, 2.24) is 9.80 Å². The Morgan fingerprint density at radius 2 is 1.63 bits per heavy atom. The summed E-state index contributed by atoms with van der Waals surface area (Å²) in [5.74, 6) is -2.83. The molecule has 2 aromatic rings. The Balaban J connectivity index is 0.000000371. The largest absolute Gasteiger partial charge is 0.573 e. The van der Waals surface area contributed by atoms with Gasteiger partial charge in [-0.15, -0.1) is 13.2 Å². The average molecular weight is 735 g/mol. The van der Waals surface area contributed by atoms with Crippen LogP contribution in [0, 0.1) is 11.8 Å². The van der Waals surface area contributed by atoms with E-state index in [0.29, 0.717) is 43.9 Å². The van der Waals surface area contributed by atoms with Gasteiger partial charge in [-0.05, 0) is 93.2 Å². The molecule has 2 saturated carbocycles. The minimum absolute atomic E-state index is 0.0139. The van der Waals surface area contributed by atoms with Gasteiger partial charge in [0.1, 0.15) is 11.9 Å². The number of aliphatic hydroxyl groups excluding tert-OH is 2. The van der Waals surface area contributed by atoms with Crippen LogP contribution in [0.1, 0.15) is 55.2 Å². The van der Waals surface area contributed by atoms with Crippen LogP contribution in [0.4, 0.5) is 13.2 Å². The molecular weight excluding hydrogens is 693 g/mol. The standard InChI is InChI=1S/C32H35F3N2O5.C4H6O6/c33-32(34,35)42-22-6-3-18(4-7-22)15-21-10-13-37(29(21)39)23-9-11-31(40)25-16-20-5-8-24(38)27-26(20)30(31,28(23)41-27)12-14-36(25)17-19-1-2-19;5-1(3(7)8)2(6)4(9)10/h3-8,19,21,23,25,28,38,40H,1-2,9-17H2;1-2,5-6H,(H,7,8)(H,9,10)/t21?,23-,25+,28-,30-,31+;/m0./s1. The number of nitrogens with zero attached hydrogens (tertiary/aromatic N) is 2. The molecule has 6 aliphatic rings. The summed E-state index contributed by atoms with van der Waals surface area (Å²) in [5, 5.41) is 56.1. The molecule has 3 aliphatic carbocycles. The predicted molar refractivity (Wildman–Crippen MR) is 173 cm³/mol. The fourth-order valence-corrected chi connectivity index (χ4v) is 9.44. The quantitative estimate of drug-likeness (QED) is 0.220. The van der Waals surface area contributed by atoms with Gasteiger partial charge >= 0.3 is 18.3 Å². The molecule has 3 aliphatic heterocycles. The average Bonchev–Trinajstić information content (AvgIpc) is 3.73. The molecule has 2 aromatic carbocycles. The lowest BCUT2D eigenvalue weighted by Gasteiger charge is -2.64. The van der Waals surface area contributed by atoms with E-state index in [2.05, 4.69) is 9.64 Å². The van der Waals surface area contributed by atoms with E-state index < -0.39 is 47.6 Å². The molecule has 1 spiro atoms. The third kappa shape index (κ3) is 6.12. The maximum Gasteiger partial charge on any atom is 0.573 e. The van der Waals surface area contributed by atoms with Crippen molar-refractivity contribution >= 4 is 17.8 Å². The molecule has 8 atom stereocenters. The van der Waals surface area contributed by atoms with Gasteiger partial charge in [-0.1, -0.05) is 18.2 Å². The van der Waals surface area contributed by atoms with Crippen molar-refractivity contribution < 1.29 is 67.7 Å². The molecule has 6 N–H and O–H groups in total. The van der Waals surface area contributed by atoms with Gasteiger partial charge in [-0.3, -0.25) is 9.69 Å². The molecule has 3 heterocycles. The predicted octanol–water partition coefficient (Wildman–Crippen LogP) is 2.19. The zero-order chi connectivity index (χ0) is 37.3. The van der Waals surface area contributed by atoms with Gasteiger partial charge in [-0.25, -0.2) is 9.59 Å². The lowest BCUT2D eigenvalue weighted by Crippen LogP contribution is -2.78. The number of hydrogen-bond donors (Lipinski definition) is 6. The van der Waals surface area contributed by atoms with Crippen LogP contribution in [-0.2, 0) is 32.6 Å². The van der Waals surface area contributed by atoms with E-state index in [0.717, 1.165) is 42.6 Å². The number of aliphatic carboxylic acids is 2. The Morgan fingerprint density at radius 1 is 0.962 bits per heavy atom. The van der Waals surface area contributed by atoms with Crippen molar-refractivity contribution in [1.29, 1.82) is 0 Å². The molecule has 16 heteroatoms. The van der Waals surface area contributed by atoms with Gasteiger partial charge in [0.05, 0.1) is 17.1 Å². The fourth-order valence-electron chi connectivity index (χ4n) is 9.44. The number of phenols is 1. The number of ether oxygens (including phenoxy) is 2. The molecule has 1 amide bonds. The van der Waals surface area contributed by atoms with E-state index in [9.17, 15) is 37.8 Å². The van der Waals surface area contributed by atoms with Crippen molar-refractivity contribution in [2.75, 3.05) is 19.6 Å². The normalized spacial score (nSPS) is 31.5. The number of rotatable bonds is 9. The van der Waals surface area contributed by atoms with Crippen molar-refractivity contribution in [2.45, 2.75) is 99.1 Å². The van der Waals surface area contributed by atoms with Gasteiger partial charge in [-0.2, -0.15) is 0 Å². The van der Waals surface area contributed by atoms with Crippen LogP contribution >= 0.6 is 0 Å². The highest BCUT2D eigenvalue weighted by molar-refractivity contribution is 5.83. The number of carboxylic acid groups (broad SMARTS) is 2. The first-order chi connectivity index (χ1) is 24.5. The molecule has 4 fully saturated rings. The van der Waals surface area contributed by atoms with Gasteiger partial charge < -0.3 is 45.0 Å². The second kappa shape index (κ2) is 13.1. The number of amides is 1. The molecule has 0 radical (unpaired) electrons. The third-order valence-electron chi connectivity index (χ3n) is 11.9. The summed E-state index contributed by atoms with van der Waals surface area (Å²) in [5.41, 5.74) is 1.17. The lowest BCUT2D eigenvalue weighted by atomic mass is 9.48. The highest BCUT2D eigenvalue weighted by Gasteiger charge is 2.73. The summed E-state index contributed by atoms with van der Waals surface area (Å²) < 4.78 is 48.3. The number of carboxylic acids is 2. The number of phenolic OH excluding ortho intramolecular Hbond substituents is 1. The second-order valence-corrected chi connectivity index (χ2v) is 14.9. The number of hydrogen-bond acceptors (Lipinski definition) is 10. The number of carbonyl (C=O) groups is 3. The minimum Gasteiger partial charge on any atom is -0.504 e. The van der Waals surface area contributed by atoms with Crippen LogP contribution in [0.5, 0.6) is 17.2 Å². The zero-order valence-electron chi connectivity index (χ0n) is 28.0. The first-order valence-corrected chi connectivity index (χ1v) is 17.5. The molecule has 2 bridgehead atoms. The molecule has 0 aromatic heterocycles. The summed E-state index contributed by atoms with van der Waals surface area (Å²) in [4.78, 5) is 37.8. The van der Waals surface area contributed by atoms with Crippen LogP contribution in [-0.4, -0.2) is 120 Å². The second-order valence-electron chi connectivity index (χ2n) is 14.9. The lowest BCUT2D eigenvalue weighted by molar-refractivity contribution is -0.274. The molecular formula is C36H41F3N2O11. The molecule has 13 nitrogen and oxygen atoms in total. The minimum atomic E-state index is -4.75. The number of halogens is 3.